The van der Waals surface area contributed by atoms with Gasteiger partial charge in [0.25, 0.3) is 11.8 Å². The second kappa shape index (κ2) is 9.63. The third-order valence-corrected chi connectivity index (χ3v) is 6.58. The Balaban J connectivity index is 1.35. The molecule has 0 aliphatic carbocycles. The van der Waals surface area contributed by atoms with Crippen LogP contribution in [0.15, 0.2) is 82.6 Å². The summed E-state index contributed by atoms with van der Waals surface area (Å²) in [6, 6.07) is 16.7. The molecule has 0 aliphatic heterocycles. The zero-order valence-electron chi connectivity index (χ0n) is 16.6. The van der Waals surface area contributed by atoms with Crippen LogP contribution in [0.1, 0.15) is 31.4 Å². The van der Waals surface area contributed by atoms with Crippen molar-refractivity contribution in [1.82, 2.24) is 4.98 Å². The topological polar surface area (TPSA) is 84.2 Å². The Kier molecular flexibility index (Phi) is 6.49. The highest BCUT2D eigenvalue weighted by Gasteiger charge is 2.16. The van der Waals surface area contributed by atoms with Gasteiger partial charge in [-0.3, -0.25) is 14.6 Å². The molecule has 0 bridgehead atoms. The molecule has 2 amide bonds. The van der Waals surface area contributed by atoms with Crippen molar-refractivity contribution >= 4 is 45.6 Å². The fraction of sp³-hybridized carbons (Fsp3) is 0.0870. The third kappa shape index (κ3) is 5.42. The van der Waals surface area contributed by atoms with Crippen LogP contribution >= 0.6 is 23.1 Å². The molecule has 0 radical (unpaired) electrons. The Hall–Kier alpha value is -3.36. The SMILES string of the molecule is Cc1cc(NC(=O)c2ccco2)sc1C(=O)Nc1ccc(SCc2cccnc2)cc1. The van der Waals surface area contributed by atoms with Crippen LogP contribution in [0.5, 0.6) is 0 Å². The highest BCUT2D eigenvalue weighted by molar-refractivity contribution is 7.98. The normalized spacial score (nSPS) is 10.6. The smallest absolute Gasteiger partial charge is 0.291 e. The number of rotatable bonds is 7. The first kappa shape index (κ1) is 20.9. The Bertz CT molecular complexity index is 1170. The highest BCUT2D eigenvalue weighted by atomic mass is 32.2. The Morgan fingerprint density at radius 3 is 2.61 bits per heavy atom. The summed E-state index contributed by atoms with van der Waals surface area (Å²) < 4.78 is 5.09. The van der Waals surface area contributed by atoms with Gasteiger partial charge in [-0.05, 0) is 66.6 Å². The summed E-state index contributed by atoms with van der Waals surface area (Å²) >= 11 is 2.93. The van der Waals surface area contributed by atoms with E-state index in [1.807, 2.05) is 49.5 Å². The molecular formula is C23H19N3O3S2. The predicted octanol–water partition coefficient (Wildman–Crippen LogP) is 5.84. The van der Waals surface area contributed by atoms with Gasteiger partial charge in [0.1, 0.15) is 0 Å². The summed E-state index contributed by atoms with van der Waals surface area (Å²) in [7, 11) is 0. The van der Waals surface area contributed by atoms with E-state index in [2.05, 4.69) is 15.6 Å². The van der Waals surface area contributed by atoms with E-state index in [9.17, 15) is 9.59 Å². The molecule has 4 rings (SSSR count). The number of furan rings is 1. The van der Waals surface area contributed by atoms with Gasteiger partial charge < -0.3 is 15.1 Å². The molecule has 0 aliphatic rings. The quantitative estimate of drug-likeness (QED) is 0.346. The van der Waals surface area contributed by atoms with Gasteiger partial charge in [-0.1, -0.05) is 6.07 Å². The van der Waals surface area contributed by atoms with Crippen molar-refractivity contribution in [2.75, 3.05) is 10.6 Å². The van der Waals surface area contributed by atoms with Crippen LogP contribution in [0.2, 0.25) is 0 Å². The van der Waals surface area contributed by atoms with Crippen molar-refractivity contribution in [3.63, 3.8) is 0 Å². The second-order valence-electron chi connectivity index (χ2n) is 6.68. The Morgan fingerprint density at radius 2 is 1.90 bits per heavy atom. The number of nitrogens with one attached hydrogen (secondary N) is 2. The van der Waals surface area contributed by atoms with E-state index >= 15 is 0 Å². The number of hydrogen-bond acceptors (Lipinski definition) is 6. The molecule has 4 aromatic rings. The lowest BCUT2D eigenvalue weighted by Crippen LogP contribution is -2.11. The van der Waals surface area contributed by atoms with Gasteiger partial charge in [0.15, 0.2) is 5.76 Å². The van der Waals surface area contributed by atoms with Crippen LogP contribution in [-0.4, -0.2) is 16.8 Å². The summed E-state index contributed by atoms with van der Waals surface area (Å²) in [5, 5.41) is 6.26. The molecule has 156 valence electrons. The Labute approximate surface area is 187 Å². The zero-order chi connectivity index (χ0) is 21.6. The molecular weight excluding hydrogens is 430 g/mol. The zero-order valence-corrected chi connectivity index (χ0v) is 18.3. The number of hydrogen-bond donors (Lipinski definition) is 2. The highest BCUT2D eigenvalue weighted by Crippen LogP contribution is 2.29. The van der Waals surface area contributed by atoms with Crippen LogP contribution in [0.25, 0.3) is 0 Å². The molecule has 0 atom stereocenters. The van der Waals surface area contributed by atoms with E-state index in [0.29, 0.717) is 15.6 Å². The van der Waals surface area contributed by atoms with Crippen LogP contribution < -0.4 is 10.6 Å². The number of amides is 2. The van der Waals surface area contributed by atoms with Gasteiger partial charge in [0, 0.05) is 28.7 Å². The van der Waals surface area contributed by atoms with E-state index in [-0.39, 0.29) is 17.6 Å². The van der Waals surface area contributed by atoms with Crippen molar-refractivity contribution in [2.45, 2.75) is 17.6 Å². The molecule has 8 heteroatoms. The fourth-order valence-corrected chi connectivity index (χ4v) is 4.62. The second-order valence-corrected chi connectivity index (χ2v) is 8.78. The van der Waals surface area contributed by atoms with Crippen LogP contribution in [0.3, 0.4) is 0 Å². The van der Waals surface area contributed by atoms with Gasteiger partial charge in [-0.25, -0.2) is 0 Å². The summed E-state index contributed by atoms with van der Waals surface area (Å²) in [5.41, 5.74) is 2.67. The lowest BCUT2D eigenvalue weighted by molar-refractivity contribution is 0.0995. The van der Waals surface area contributed by atoms with Crippen molar-refractivity contribution in [1.29, 1.82) is 0 Å². The number of nitrogens with zero attached hydrogens (tertiary/aromatic N) is 1. The van der Waals surface area contributed by atoms with E-state index in [1.165, 1.54) is 17.6 Å². The number of anilines is 2. The van der Waals surface area contributed by atoms with Gasteiger partial charge >= 0.3 is 0 Å². The fourth-order valence-electron chi connectivity index (χ4n) is 2.82. The first-order valence-electron chi connectivity index (χ1n) is 9.47. The molecule has 3 heterocycles. The average Bonchev–Trinajstić information content (AvgIpc) is 3.44. The molecule has 6 nitrogen and oxygen atoms in total. The summed E-state index contributed by atoms with van der Waals surface area (Å²) in [4.78, 5) is 30.6. The van der Waals surface area contributed by atoms with Crippen LogP contribution in [0.4, 0.5) is 10.7 Å². The number of benzene rings is 1. The summed E-state index contributed by atoms with van der Waals surface area (Å²) in [5.74, 6) is 0.494. The van der Waals surface area contributed by atoms with E-state index in [1.54, 1.807) is 36.2 Å². The molecule has 0 saturated carbocycles. The first-order chi connectivity index (χ1) is 15.1. The number of carbonyl (C=O) groups excluding carboxylic acids is 2. The standard InChI is InChI=1S/C23H19N3O3S2/c1-15-12-20(26-22(27)19-5-3-11-29-19)31-21(15)23(28)25-17-6-8-18(9-7-17)30-14-16-4-2-10-24-13-16/h2-13H,14H2,1H3,(H,25,28)(H,26,27). The van der Waals surface area contributed by atoms with Crippen LogP contribution in [0, 0.1) is 6.92 Å². The van der Waals surface area contributed by atoms with Gasteiger partial charge in [-0.2, -0.15) is 0 Å². The van der Waals surface area contributed by atoms with Crippen molar-refractivity contribution in [3.8, 4) is 0 Å². The molecule has 0 unspecified atom stereocenters. The minimum absolute atomic E-state index is 0.211. The molecule has 0 saturated heterocycles. The maximum atomic E-state index is 12.7. The third-order valence-electron chi connectivity index (χ3n) is 4.35. The van der Waals surface area contributed by atoms with Crippen molar-refractivity contribution in [3.05, 3.63) is 95.0 Å². The monoisotopic (exact) mass is 449 g/mol. The number of pyridine rings is 1. The van der Waals surface area contributed by atoms with Crippen LogP contribution in [-0.2, 0) is 5.75 Å². The minimum atomic E-state index is -0.349. The number of thiophene rings is 1. The van der Waals surface area contributed by atoms with Gasteiger partial charge in [-0.15, -0.1) is 23.1 Å². The maximum absolute atomic E-state index is 12.7. The van der Waals surface area contributed by atoms with E-state index in [0.717, 1.165) is 21.8 Å². The largest absolute Gasteiger partial charge is 0.459 e. The van der Waals surface area contributed by atoms with Gasteiger partial charge in [0.2, 0.25) is 0 Å². The summed E-state index contributed by atoms with van der Waals surface area (Å²) in [6.45, 7) is 1.84. The van der Waals surface area contributed by atoms with E-state index in [4.69, 9.17) is 4.42 Å². The lowest BCUT2D eigenvalue weighted by Gasteiger charge is -2.06. The Morgan fingerprint density at radius 1 is 1.06 bits per heavy atom. The van der Waals surface area contributed by atoms with Gasteiger partial charge in [0.05, 0.1) is 16.1 Å². The first-order valence-corrected chi connectivity index (χ1v) is 11.3. The number of aryl methyl sites for hydroxylation is 1. The number of aromatic nitrogens is 1. The van der Waals surface area contributed by atoms with Crippen molar-refractivity contribution in [2.24, 2.45) is 0 Å². The molecule has 31 heavy (non-hydrogen) atoms. The molecule has 0 spiro atoms. The summed E-state index contributed by atoms with van der Waals surface area (Å²) in [6.07, 6.45) is 5.06. The number of thioether (sulfide) groups is 1. The average molecular weight is 450 g/mol. The molecule has 2 N–H and O–H groups in total. The lowest BCUT2D eigenvalue weighted by atomic mass is 10.2. The van der Waals surface area contributed by atoms with Crippen molar-refractivity contribution < 1.29 is 14.0 Å². The molecule has 0 fully saturated rings. The molecule has 1 aromatic carbocycles. The van der Waals surface area contributed by atoms with E-state index < -0.39 is 0 Å². The maximum Gasteiger partial charge on any atom is 0.291 e. The minimum Gasteiger partial charge on any atom is -0.459 e. The predicted molar refractivity (Wildman–Crippen MR) is 124 cm³/mol. The number of carbonyl (C=O) groups is 2. The molecule has 3 aromatic heterocycles.